The number of alkyl carbamates (subject to hydrolysis) is 1. The van der Waals surface area contributed by atoms with Crippen LogP contribution in [0.4, 0.5) is 27.8 Å². The van der Waals surface area contributed by atoms with Crippen LogP contribution in [0.25, 0.3) is 0 Å². The van der Waals surface area contributed by atoms with E-state index < -0.39 is 17.6 Å². The summed E-state index contributed by atoms with van der Waals surface area (Å²) in [6, 6.07) is 6.87. The highest BCUT2D eigenvalue weighted by Gasteiger charge is 2.33. The van der Waals surface area contributed by atoms with E-state index >= 15 is 0 Å². The molecule has 3 aliphatic heterocycles. The maximum absolute atomic E-state index is 12.4. The second-order valence-electron chi connectivity index (χ2n) is 13.3. The molecular weight excluding hydrogens is 558 g/mol. The number of aryl methyl sites for hydroxylation is 2. The average molecular weight is 608 g/mol. The van der Waals surface area contributed by atoms with Crippen molar-refractivity contribution in [1.29, 1.82) is 0 Å². The number of ether oxygens (including phenoxy) is 1. The van der Waals surface area contributed by atoms with Gasteiger partial charge in [-0.3, -0.25) is 9.69 Å². The van der Waals surface area contributed by atoms with Crippen LogP contribution in [0.5, 0.6) is 0 Å². The van der Waals surface area contributed by atoms with Crippen LogP contribution >= 0.6 is 0 Å². The van der Waals surface area contributed by atoms with E-state index in [1.54, 1.807) is 0 Å². The van der Waals surface area contributed by atoms with E-state index in [1.165, 1.54) is 31.6 Å². The molecule has 3 aliphatic rings. The highest BCUT2D eigenvalue weighted by molar-refractivity contribution is 5.96. The maximum atomic E-state index is 12.4. The molecule has 0 unspecified atom stereocenters. The standard InChI is InChI=1S/C32H49N9O3/c1-7-25-30(41-19-23(20-41)35-31(43)44-32(3,4)5)37-29(27(36-25)28(33)42)34-22-8-9-26(21(2)18-22)40-12-10-24(11-13-40)39-16-14-38(6)15-17-39/h8-9,18,23-24H,7,10-17,19-20H2,1-6H3,(H2,33,42)(H,34,37)(H,35,43). The van der Waals surface area contributed by atoms with E-state index in [9.17, 15) is 9.59 Å². The molecule has 3 fully saturated rings. The van der Waals surface area contributed by atoms with Crippen molar-refractivity contribution in [3.63, 3.8) is 0 Å². The predicted octanol–water partition coefficient (Wildman–Crippen LogP) is 3.12. The highest BCUT2D eigenvalue weighted by Crippen LogP contribution is 2.31. The van der Waals surface area contributed by atoms with Gasteiger partial charge in [0.05, 0.1) is 11.7 Å². The Labute approximate surface area is 261 Å². The molecule has 44 heavy (non-hydrogen) atoms. The molecule has 0 aliphatic carbocycles. The van der Waals surface area contributed by atoms with Gasteiger partial charge in [0.2, 0.25) is 0 Å². The van der Waals surface area contributed by atoms with E-state index in [-0.39, 0.29) is 11.7 Å². The van der Waals surface area contributed by atoms with Gasteiger partial charge in [0, 0.05) is 69.8 Å². The Morgan fingerprint density at radius 1 is 1.02 bits per heavy atom. The van der Waals surface area contributed by atoms with Gasteiger partial charge < -0.3 is 35.8 Å². The summed E-state index contributed by atoms with van der Waals surface area (Å²) >= 11 is 0. The molecule has 1 aromatic heterocycles. The number of rotatable bonds is 8. The zero-order valence-corrected chi connectivity index (χ0v) is 27.2. The first kappa shape index (κ1) is 31.8. The second kappa shape index (κ2) is 13.2. The number of carbonyl (C=O) groups excluding carboxylic acids is 2. The molecule has 4 heterocycles. The largest absolute Gasteiger partial charge is 0.444 e. The molecule has 0 radical (unpaired) electrons. The van der Waals surface area contributed by atoms with Gasteiger partial charge in [-0.1, -0.05) is 6.92 Å². The van der Waals surface area contributed by atoms with E-state index in [0.717, 1.165) is 37.4 Å². The second-order valence-corrected chi connectivity index (χ2v) is 13.3. The van der Waals surface area contributed by atoms with Crippen LogP contribution < -0.4 is 26.2 Å². The Hall–Kier alpha value is -3.64. The summed E-state index contributed by atoms with van der Waals surface area (Å²) in [7, 11) is 2.21. The lowest BCUT2D eigenvalue weighted by Gasteiger charge is -2.43. The van der Waals surface area contributed by atoms with Gasteiger partial charge in [-0.15, -0.1) is 0 Å². The average Bonchev–Trinajstić information content (AvgIpc) is 2.94. The number of nitrogens with two attached hydrogens (primary N) is 1. The van der Waals surface area contributed by atoms with Gasteiger partial charge in [-0.2, -0.15) is 0 Å². The monoisotopic (exact) mass is 607 g/mol. The van der Waals surface area contributed by atoms with E-state index in [4.69, 9.17) is 15.5 Å². The molecule has 1 aromatic carbocycles. The fourth-order valence-electron chi connectivity index (χ4n) is 6.31. The number of nitrogens with zero attached hydrogens (tertiary/aromatic N) is 6. The van der Waals surface area contributed by atoms with Crippen molar-refractivity contribution >= 4 is 35.0 Å². The highest BCUT2D eigenvalue weighted by atomic mass is 16.6. The molecule has 5 rings (SSSR count). The Morgan fingerprint density at radius 2 is 1.70 bits per heavy atom. The summed E-state index contributed by atoms with van der Waals surface area (Å²) in [6.07, 6.45) is 2.51. The van der Waals surface area contributed by atoms with Crippen LogP contribution in [-0.2, 0) is 11.2 Å². The molecule has 4 N–H and O–H groups in total. The van der Waals surface area contributed by atoms with Crippen LogP contribution in [0.3, 0.4) is 0 Å². The number of piperazine rings is 1. The fraction of sp³-hybridized carbons (Fsp3) is 0.625. The quantitative estimate of drug-likeness (QED) is 0.411. The predicted molar refractivity (Wildman–Crippen MR) is 174 cm³/mol. The number of hydrogen-bond acceptors (Lipinski definition) is 10. The number of likely N-dealkylation sites (N-methyl/N-ethyl adjacent to an activating group) is 1. The number of benzene rings is 1. The molecule has 240 valence electrons. The number of carbonyl (C=O) groups is 2. The van der Waals surface area contributed by atoms with Crippen molar-refractivity contribution in [2.24, 2.45) is 5.73 Å². The number of amides is 2. The lowest BCUT2D eigenvalue weighted by molar-refractivity contribution is 0.0495. The van der Waals surface area contributed by atoms with Crippen molar-refractivity contribution in [3.05, 3.63) is 35.2 Å². The molecule has 0 bridgehead atoms. The minimum Gasteiger partial charge on any atom is -0.444 e. The fourth-order valence-corrected chi connectivity index (χ4v) is 6.31. The van der Waals surface area contributed by atoms with Crippen molar-refractivity contribution in [2.75, 3.05) is 74.5 Å². The summed E-state index contributed by atoms with van der Waals surface area (Å²) in [5.41, 5.74) is 9.20. The maximum Gasteiger partial charge on any atom is 0.407 e. The Bertz CT molecular complexity index is 1340. The van der Waals surface area contributed by atoms with Gasteiger partial charge in [0.1, 0.15) is 5.60 Å². The zero-order valence-electron chi connectivity index (χ0n) is 27.2. The number of primary amides is 1. The normalized spacial score (nSPS) is 19.0. The molecule has 12 nitrogen and oxygen atoms in total. The lowest BCUT2D eigenvalue weighted by atomic mass is 10.0. The van der Waals surface area contributed by atoms with Gasteiger partial charge in [0.15, 0.2) is 17.3 Å². The van der Waals surface area contributed by atoms with Gasteiger partial charge in [-0.05, 0) is 77.8 Å². The first-order chi connectivity index (χ1) is 20.9. The Morgan fingerprint density at radius 3 is 2.30 bits per heavy atom. The zero-order chi connectivity index (χ0) is 31.6. The number of nitrogens with one attached hydrogen (secondary N) is 2. The number of piperidine rings is 1. The third-order valence-electron chi connectivity index (χ3n) is 8.74. The Balaban J connectivity index is 1.25. The van der Waals surface area contributed by atoms with Crippen LogP contribution in [0.2, 0.25) is 0 Å². The molecule has 2 aromatic rings. The molecule has 0 saturated carbocycles. The van der Waals surface area contributed by atoms with Gasteiger partial charge in [-0.25, -0.2) is 14.8 Å². The third-order valence-corrected chi connectivity index (χ3v) is 8.74. The van der Waals surface area contributed by atoms with Crippen LogP contribution in [0.1, 0.15) is 62.3 Å². The summed E-state index contributed by atoms with van der Waals surface area (Å²) in [5.74, 6) is 0.373. The molecule has 2 amide bonds. The van der Waals surface area contributed by atoms with Crippen molar-refractivity contribution in [2.45, 2.75) is 71.6 Å². The first-order valence-corrected chi connectivity index (χ1v) is 15.9. The van der Waals surface area contributed by atoms with Crippen LogP contribution in [0.15, 0.2) is 18.2 Å². The molecule has 3 saturated heterocycles. The topological polar surface area (TPSA) is 132 Å². The summed E-state index contributed by atoms with van der Waals surface area (Å²) < 4.78 is 5.38. The molecular formula is C32H49N9O3. The number of aromatic nitrogens is 2. The molecule has 0 atom stereocenters. The smallest absolute Gasteiger partial charge is 0.407 e. The van der Waals surface area contributed by atoms with E-state index in [2.05, 4.69) is 56.4 Å². The first-order valence-electron chi connectivity index (χ1n) is 15.9. The van der Waals surface area contributed by atoms with E-state index in [0.29, 0.717) is 42.9 Å². The van der Waals surface area contributed by atoms with E-state index in [1.807, 2.05) is 38.7 Å². The SMILES string of the molecule is CCc1nc(C(N)=O)c(Nc2ccc(N3CCC(N4CCN(C)CC4)CC3)c(C)c2)nc1N1CC(NC(=O)OC(C)(C)C)C1. The minimum atomic E-state index is -0.633. The van der Waals surface area contributed by atoms with Gasteiger partial charge in [0.25, 0.3) is 5.91 Å². The number of anilines is 4. The van der Waals surface area contributed by atoms with Crippen molar-refractivity contribution in [3.8, 4) is 0 Å². The third kappa shape index (κ3) is 7.52. The minimum absolute atomic E-state index is 0.0644. The van der Waals surface area contributed by atoms with Crippen LogP contribution in [0, 0.1) is 6.92 Å². The number of hydrogen-bond donors (Lipinski definition) is 3. The molecule has 0 spiro atoms. The lowest BCUT2D eigenvalue weighted by Crippen LogP contribution is -2.60. The van der Waals surface area contributed by atoms with Crippen molar-refractivity contribution in [1.82, 2.24) is 25.1 Å². The summed E-state index contributed by atoms with van der Waals surface area (Å²) in [5, 5.41) is 6.23. The van der Waals surface area contributed by atoms with Crippen LogP contribution in [-0.4, -0.2) is 109 Å². The Kier molecular flexibility index (Phi) is 9.50. The molecule has 12 heteroatoms. The summed E-state index contributed by atoms with van der Waals surface area (Å²) in [6.45, 7) is 17.5. The van der Waals surface area contributed by atoms with Crippen molar-refractivity contribution < 1.29 is 14.3 Å². The summed E-state index contributed by atoms with van der Waals surface area (Å²) in [4.78, 5) is 43.7. The van der Waals surface area contributed by atoms with Gasteiger partial charge >= 0.3 is 6.09 Å².